The fraction of sp³-hybridized carbons (Fsp3) is 0.923. The van der Waals surface area contributed by atoms with Crippen molar-refractivity contribution in [1.29, 1.82) is 0 Å². The maximum absolute atomic E-state index is 12.1. The molecule has 17 heavy (non-hydrogen) atoms. The van der Waals surface area contributed by atoms with E-state index in [2.05, 4.69) is 24.1 Å². The van der Waals surface area contributed by atoms with Crippen LogP contribution in [0.1, 0.15) is 46.0 Å². The number of rotatable bonds is 3. The van der Waals surface area contributed by atoms with E-state index in [4.69, 9.17) is 0 Å². The van der Waals surface area contributed by atoms with Crippen LogP contribution in [0.3, 0.4) is 0 Å². The number of hydrogen-bond donors (Lipinski definition) is 1. The van der Waals surface area contributed by atoms with Gasteiger partial charge in [0, 0.05) is 18.5 Å². The van der Waals surface area contributed by atoms with Gasteiger partial charge >= 0.3 is 0 Å². The van der Waals surface area contributed by atoms with E-state index in [1.54, 1.807) is 0 Å². The first-order valence-corrected chi connectivity index (χ1v) is 6.70. The topological polar surface area (TPSA) is 32.3 Å². The Morgan fingerprint density at radius 2 is 1.88 bits per heavy atom. The average Bonchev–Trinajstić information content (AvgIpc) is 2.86. The first-order chi connectivity index (χ1) is 7.68. The summed E-state index contributed by atoms with van der Waals surface area (Å²) in [7, 11) is 0. The highest BCUT2D eigenvalue weighted by Gasteiger charge is 2.31. The quantitative estimate of drug-likeness (QED) is 0.844. The van der Waals surface area contributed by atoms with Crippen LogP contribution in [-0.2, 0) is 4.79 Å². The minimum absolute atomic E-state index is 0. The molecule has 2 saturated heterocycles. The van der Waals surface area contributed by atoms with Gasteiger partial charge in [-0.15, -0.1) is 12.4 Å². The molecule has 1 N–H and O–H groups in total. The normalized spacial score (nSPS) is 32.6. The highest BCUT2D eigenvalue weighted by Crippen LogP contribution is 2.25. The Hall–Kier alpha value is -0.280. The predicted molar refractivity (Wildman–Crippen MR) is 72.5 cm³/mol. The molecule has 0 aromatic heterocycles. The molecule has 3 nitrogen and oxygen atoms in total. The van der Waals surface area contributed by atoms with Crippen molar-refractivity contribution in [3.63, 3.8) is 0 Å². The molecular formula is C13H25ClN2O. The summed E-state index contributed by atoms with van der Waals surface area (Å²) in [6.07, 6.45) is 5.43. The summed E-state index contributed by atoms with van der Waals surface area (Å²) < 4.78 is 0. The molecule has 3 unspecified atom stereocenters. The van der Waals surface area contributed by atoms with Crippen LogP contribution in [-0.4, -0.2) is 36.0 Å². The van der Waals surface area contributed by atoms with Gasteiger partial charge in [-0.2, -0.15) is 0 Å². The van der Waals surface area contributed by atoms with E-state index in [1.165, 1.54) is 19.3 Å². The van der Waals surface area contributed by atoms with Crippen LogP contribution in [0.4, 0.5) is 0 Å². The molecule has 100 valence electrons. The summed E-state index contributed by atoms with van der Waals surface area (Å²) in [4.78, 5) is 14.2. The molecule has 0 aromatic carbocycles. The zero-order valence-electron chi connectivity index (χ0n) is 10.9. The van der Waals surface area contributed by atoms with Crippen LogP contribution in [0.2, 0.25) is 0 Å². The standard InChI is InChI=1S/C13H24N2O.ClH/c1-10-3-4-11(2)15(10)13(16)6-5-12-7-8-14-9-12;/h10-12,14H,3-9H2,1-2H3;1H. The number of carbonyl (C=O) groups excluding carboxylic acids is 1. The highest BCUT2D eigenvalue weighted by molar-refractivity contribution is 5.85. The molecule has 3 atom stereocenters. The Balaban J connectivity index is 0.00000144. The summed E-state index contributed by atoms with van der Waals surface area (Å²) >= 11 is 0. The van der Waals surface area contributed by atoms with Crippen molar-refractivity contribution >= 4 is 18.3 Å². The number of amides is 1. The van der Waals surface area contributed by atoms with Crippen LogP contribution in [0.15, 0.2) is 0 Å². The Bertz CT molecular complexity index is 244. The molecule has 2 aliphatic rings. The molecular weight excluding hydrogens is 236 g/mol. The fourth-order valence-corrected chi connectivity index (χ4v) is 3.10. The lowest BCUT2D eigenvalue weighted by Crippen LogP contribution is -2.38. The van der Waals surface area contributed by atoms with Gasteiger partial charge in [0.05, 0.1) is 0 Å². The highest BCUT2D eigenvalue weighted by atomic mass is 35.5. The summed E-state index contributed by atoms with van der Waals surface area (Å²) in [6, 6.07) is 0.924. The molecule has 2 fully saturated rings. The van der Waals surface area contributed by atoms with Crippen molar-refractivity contribution in [2.45, 2.75) is 58.0 Å². The summed E-state index contributed by atoms with van der Waals surface area (Å²) in [5, 5.41) is 3.36. The molecule has 2 aliphatic heterocycles. The SMILES string of the molecule is CC1CCC(C)N1C(=O)CCC1CCNC1.Cl. The largest absolute Gasteiger partial charge is 0.337 e. The van der Waals surface area contributed by atoms with Gasteiger partial charge in [-0.3, -0.25) is 4.79 Å². The number of carbonyl (C=O) groups is 1. The molecule has 0 aromatic rings. The van der Waals surface area contributed by atoms with E-state index in [0.29, 0.717) is 18.0 Å². The Morgan fingerprint density at radius 3 is 2.41 bits per heavy atom. The van der Waals surface area contributed by atoms with Crippen molar-refractivity contribution in [1.82, 2.24) is 10.2 Å². The lowest BCUT2D eigenvalue weighted by atomic mass is 10.0. The first kappa shape index (κ1) is 14.8. The van der Waals surface area contributed by atoms with Crippen molar-refractivity contribution in [2.75, 3.05) is 13.1 Å². The predicted octanol–water partition coefficient (Wildman–Crippen LogP) is 2.20. The van der Waals surface area contributed by atoms with E-state index in [-0.39, 0.29) is 12.4 Å². The van der Waals surface area contributed by atoms with Crippen molar-refractivity contribution in [2.24, 2.45) is 5.92 Å². The number of nitrogens with zero attached hydrogens (tertiary/aromatic N) is 1. The zero-order valence-corrected chi connectivity index (χ0v) is 11.8. The monoisotopic (exact) mass is 260 g/mol. The third-order valence-corrected chi connectivity index (χ3v) is 4.17. The third-order valence-electron chi connectivity index (χ3n) is 4.17. The first-order valence-electron chi connectivity index (χ1n) is 6.70. The Labute approximate surface area is 111 Å². The minimum Gasteiger partial charge on any atom is -0.337 e. The van der Waals surface area contributed by atoms with Crippen molar-refractivity contribution < 1.29 is 4.79 Å². The third kappa shape index (κ3) is 3.59. The molecule has 2 heterocycles. The summed E-state index contributed by atoms with van der Waals surface area (Å²) in [5.41, 5.74) is 0. The van der Waals surface area contributed by atoms with Crippen LogP contribution in [0.25, 0.3) is 0 Å². The average molecular weight is 261 g/mol. The molecule has 2 rings (SSSR count). The van der Waals surface area contributed by atoms with Gasteiger partial charge in [-0.25, -0.2) is 0 Å². The van der Waals surface area contributed by atoms with Gasteiger partial charge in [-0.1, -0.05) is 0 Å². The van der Waals surface area contributed by atoms with Gasteiger partial charge in [0.2, 0.25) is 5.91 Å². The lowest BCUT2D eigenvalue weighted by molar-refractivity contribution is -0.133. The fourth-order valence-electron chi connectivity index (χ4n) is 3.10. The molecule has 1 amide bonds. The van der Waals surface area contributed by atoms with Gasteiger partial charge in [-0.05, 0) is 58.5 Å². The van der Waals surface area contributed by atoms with Crippen LogP contribution >= 0.6 is 12.4 Å². The van der Waals surface area contributed by atoms with E-state index in [1.807, 2.05) is 0 Å². The molecule has 0 spiro atoms. The number of halogens is 1. The van der Waals surface area contributed by atoms with Gasteiger partial charge in [0.15, 0.2) is 0 Å². The summed E-state index contributed by atoms with van der Waals surface area (Å²) in [6.45, 7) is 6.60. The van der Waals surface area contributed by atoms with Gasteiger partial charge in [0.1, 0.15) is 0 Å². The second-order valence-electron chi connectivity index (χ2n) is 5.47. The van der Waals surface area contributed by atoms with E-state index < -0.39 is 0 Å². The second kappa shape index (κ2) is 6.60. The molecule has 4 heteroatoms. The van der Waals surface area contributed by atoms with Gasteiger partial charge in [0.25, 0.3) is 0 Å². The van der Waals surface area contributed by atoms with Crippen molar-refractivity contribution in [3.8, 4) is 0 Å². The van der Waals surface area contributed by atoms with E-state index in [9.17, 15) is 4.79 Å². The minimum atomic E-state index is 0. The Kier molecular flexibility index (Phi) is 5.74. The number of likely N-dealkylation sites (tertiary alicyclic amines) is 1. The van der Waals surface area contributed by atoms with Crippen molar-refractivity contribution in [3.05, 3.63) is 0 Å². The Morgan fingerprint density at radius 1 is 1.24 bits per heavy atom. The lowest BCUT2D eigenvalue weighted by Gasteiger charge is -2.26. The maximum Gasteiger partial charge on any atom is 0.223 e. The van der Waals surface area contributed by atoms with Crippen LogP contribution < -0.4 is 5.32 Å². The summed E-state index contributed by atoms with van der Waals surface area (Å²) in [5.74, 6) is 1.11. The van der Waals surface area contributed by atoms with Gasteiger partial charge < -0.3 is 10.2 Å². The second-order valence-corrected chi connectivity index (χ2v) is 5.47. The molecule has 0 radical (unpaired) electrons. The number of nitrogens with one attached hydrogen (secondary N) is 1. The van der Waals surface area contributed by atoms with Crippen LogP contribution in [0.5, 0.6) is 0 Å². The number of hydrogen-bond acceptors (Lipinski definition) is 2. The smallest absolute Gasteiger partial charge is 0.223 e. The maximum atomic E-state index is 12.1. The molecule has 0 bridgehead atoms. The van der Waals surface area contributed by atoms with E-state index >= 15 is 0 Å². The zero-order chi connectivity index (χ0) is 11.5. The molecule has 0 aliphatic carbocycles. The molecule has 0 saturated carbocycles. The van der Waals surface area contributed by atoms with Crippen LogP contribution in [0, 0.1) is 5.92 Å². The van der Waals surface area contributed by atoms with E-state index in [0.717, 1.165) is 31.8 Å².